The molecule has 4 rings (SSSR count). The minimum atomic E-state index is -0.423. The van der Waals surface area contributed by atoms with E-state index < -0.39 is 5.97 Å². The first-order valence-corrected chi connectivity index (χ1v) is 14.5. The van der Waals surface area contributed by atoms with Crippen LogP contribution in [0.25, 0.3) is 0 Å². The summed E-state index contributed by atoms with van der Waals surface area (Å²) in [5, 5.41) is 9.66. The summed E-state index contributed by atoms with van der Waals surface area (Å²) in [4.78, 5) is 36.5. The Bertz CT molecular complexity index is 1360. The molecule has 224 valence electrons. The first kappa shape index (κ1) is 32.6. The molecule has 0 heterocycles. The van der Waals surface area contributed by atoms with Gasteiger partial charge in [-0.25, -0.2) is 4.79 Å². The van der Waals surface area contributed by atoms with Crippen molar-refractivity contribution in [2.75, 3.05) is 7.11 Å². The minimum Gasteiger partial charge on any atom is -0.507 e. The van der Waals surface area contributed by atoms with Crippen LogP contribution in [-0.4, -0.2) is 35.9 Å². The summed E-state index contributed by atoms with van der Waals surface area (Å²) < 4.78 is 10.6. The number of phenols is 1. The molecule has 0 saturated heterocycles. The molecule has 6 nitrogen and oxygen atoms in total. The standard InChI is InChI=1S/C20H22O3.C16H22O3/c1-20(2,3)16-9-5-14(6-10-16)18(21)13-19(22)15-7-11-17(23-4)12-8-15;1-11-8-12(10-16(2,3)9-11)19-15(18)13-6-4-5-7-14(13)17/h5-12H,13H2,1-4H3;4-7,11-12,17H,8-10H2,1-3H3. The average Bonchev–Trinajstić information content (AvgIpc) is 2.92. The second-order valence-corrected chi connectivity index (χ2v) is 13.0. The topological polar surface area (TPSA) is 89.9 Å². The maximum absolute atomic E-state index is 12.3. The zero-order chi connectivity index (χ0) is 31.1. The summed E-state index contributed by atoms with van der Waals surface area (Å²) in [6.07, 6.45) is 2.78. The predicted molar refractivity (Wildman–Crippen MR) is 166 cm³/mol. The van der Waals surface area contributed by atoms with E-state index in [0.717, 1.165) is 24.8 Å². The Balaban J connectivity index is 0.000000235. The largest absolute Gasteiger partial charge is 0.507 e. The Labute approximate surface area is 250 Å². The van der Waals surface area contributed by atoms with Gasteiger partial charge < -0.3 is 14.6 Å². The van der Waals surface area contributed by atoms with E-state index in [1.807, 2.05) is 12.1 Å². The highest BCUT2D eigenvalue weighted by Gasteiger charge is 2.34. The molecule has 0 spiro atoms. The molecule has 0 bridgehead atoms. The molecule has 6 heteroatoms. The zero-order valence-corrected chi connectivity index (χ0v) is 25.9. The lowest BCUT2D eigenvalue weighted by molar-refractivity contribution is -0.00736. The van der Waals surface area contributed by atoms with Crippen LogP contribution in [0.1, 0.15) is 104 Å². The quantitative estimate of drug-likeness (QED) is 0.174. The van der Waals surface area contributed by atoms with Gasteiger partial charge in [0, 0.05) is 11.1 Å². The number of rotatable bonds is 7. The highest BCUT2D eigenvalue weighted by Crippen LogP contribution is 2.40. The number of carbonyl (C=O) groups excluding carboxylic acids is 3. The Morgan fingerprint density at radius 1 is 0.857 bits per heavy atom. The van der Waals surface area contributed by atoms with E-state index in [4.69, 9.17) is 9.47 Å². The molecule has 2 atom stereocenters. The van der Waals surface area contributed by atoms with Crippen molar-refractivity contribution in [2.24, 2.45) is 11.3 Å². The van der Waals surface area contributed by atoms with Crippen molar-refractivity contribution in [3.8, 4) is 11.5 Å². The smallest absolute Gasteiger partial charge is 0.342 e. The van der Waals surface area contributed by atoms with Gasteiger partial charge in [0.25, 0.3) is 0 Å². The molecule has 1 N–H and O–H groups in total. The van der Waals surface area contributed by atoms with Crippen LogP contribution < -0.4 is 4.74 Å². The Kier molecular flexibility index (Phi) is 10.7. The van der Waals surface area contributed by atoms with E-state index >= 15 is 0 Å². The van der Waals surface area contributed by atoms with Gasteiger partial charge in [-0.2, -0.15) is 0 Å². The van der Waals surface area contributed by atoms with Gasteiger partial charge in [-0.1, -0.05) is 77.9 Å². The lowest BCUT2D eigenvalue weighted by atomic mass is 9.71. The number of carbonyl (C=O) groups is 3. The fourth-order valence-electron chi connectivity index (χ4n) is 5.49. The van der Waals surface area contributed by atoms with E-state index in [-0.39, 0.29) is 46.2 Å². The Morgan fingerprint density at radius 3 is 1.90 bits per heavy atom. The maximum atomic E-state index is 12.3. The Morgan fingerprint density at radius 2 is 1.40 bits per heavy atom. The maximum Gasteiger partial charge on any atom is 0.342 e. The van der Waals surface area contributed by atoms with E-state index in [2.05, 4.69) is 41.5 Å². The van der Waals surface area contributed by atoms with Gasteiger partial charge in [0.05, 0.1) is 13.5 Å². The van der Waals surface area contributed by atoms with Gasteiger partial charge in [-0.15, -0.1) is 0 Å². The van der Waals surface area contributed by atoms with Crippen LogP contribution in [0.3, 0.4) is 0 Å². The SMILES string of the molecule is CC1CC(OC(=O)c2ccccc2O)CC(C)(C)C1.COc1ccc(C(=O)CC(=O)c2ccc(C(C)(C)C)cc2)cc1. The molecular formula is C36H44O6. The first-order chi connectivity index (χ1) is 19.7. The molecule has 0 aliphatic heterocycles. The van der Waals surface area contributed by atoms with Crippen LogP contribution in [0.5, 0.6) is 11.5 Å². The van der Waals surface area contributed by atoms with Crippen LogP contribution in [0.2, 0.25) is 0 Å². The van der Waals surface area contributed by atoms with Crippen LogP contribution in [0.4, 0.5) is 0 Å². The van der Waals surface area contributed by atoms with E-state index in [1.165, 1.54) is 6.07 Å². The number of methoxy groups -OCH3 is 1. The highest BCUT2D eigenvalue weighted by atomic mass is 16.5. The van der Waals surface area contributed by atoms with Crippen LogP contribution in [0, 0.1) is 11.3 Å². The molecular weight excluding hydrogens is 528 g/mol. The molecule has 3 aromatic rings. The number of benzene rings is 3. The van der Waals surface area contributed by atoms with Gasteiger partial charge in [0.2, 0.25) is 0 Å². The number of hydrogen-bond acceptors (Lipinski definition) is 6. The molecule has 0 aromatic heterocycles. The monoisotopic (exact) mass is 572 g/mol. The normalized spacial score (nSPS) is 17.8. The molecule has 1 aliphatic rings. The fraction of sp³-hybridized carbons (Fsp3) is 0.417. The number of hydrogen-bond donors (Lipinski definition) is 1. The molecule has 0 radical (unpaired) electrons. The second-order valence-electron chi connectivity index (χ2n) is 13.0. The third-order valence-corrected chi connectivity index (χ3v) is 7.55. The van der Waals surface area contributed by atoms with E-state index in [9.17, 15) is 19.5 Å². The predicted octanol–water partition coefficient (Wildman–Crippen LogP) is 8.21. The second kappa shape index (κ2) is 13.8. The van der Waals surface area contributed by atoms with E-state index in [1.54, 1.807) is 61.7 Å². The van der Waals surface area contributed by atoms with Gasteiger partial charge in [0.15, 0.2) is 11.6 Å². The number of phenolic OH excluding ortho intramolecular Hbond substituents is 1. The summed E-state index contributed by atoms with van der Waals surface area (Å²) in [5.74, 6) is 0.462. The lowest BCUT2D eigenvalue weighted by Crippen LogP contribution is -2.34. The van der Waals surface area contributed by atoms with Crippen molar-refractivity contribution in [1.29, 1.82) is 0 Å². The summed E-state index contributed by atoms with van der Waals surface area (Å²) in [5.41, 5.74) is 2.75. The van der Waals surface area contributed by atoms with Gasteiger partial charge >= 0.3 is 5.97 Å². The summed E-state index contributed by atoms with van der Waals surface area (Å²) in [6.45, 7) is 13.0. The van der Waals surface area contributed by atoms with E-state index in [0.29, 0.717) is 22.8 Å². The van der Waals surface area contributed by atoms with Crippen LogP contribution in [-0.2, 0) is 10.2 Å². The summed E-state index contributed by atoms with van der Waals surface area (Å²) in [7, 11) is 1.57. The third kappa shape index (κ3) is 9.30. The van der Waals surface area contributed by atoms with Crippen molar-refractivity contribution < 1.29 is 29.0 Å². The van der Waals surface area contributed by atoms with Gasteiger partial charge in [0.1, 0.15) is 23.2 Å². The van der Waals surface area contributed by atoms with Crippen molar-refractivity contribution in [3.63, 3.8) is 0 Å². The van der Waals surface area contributed by atoms with Crippen LogP contribution >= 0.6 is 0 Å². The molecule has 1 aliphatic carbocycles. The summed E-state index contributed by atoms with van der Waals surface area (Å²) in [6, 6.07) is 20.8. The van der Waals surface area contributed by atoms with Crippen molar-refractivity contribution in [3.05, 3.63) is 95.1 Å². The fourth-order valence-corrected chi connectivity index (χ4v) is 5.49. The van der Waals surface area contributed by atoms with Gasteiger partial charge in [-0.05, 0) is 78.0 Å². The number of esters is 1. The lowest BCUT2D eigenvalue weighted by Gasteiger charge is -2.38. The van der Waals surface area contributed by atoms with Crippen LogP contribution in [0.15, 0.2) is 72.8 Å². The molecule has 2 unspecified atom stereocenters. The minimum absolute atomic E-state index is 0.0179. The molecule has 3 aromatic carbocycles. The third-order valence-electron chi connectivity index (χ3n) is 7.55. The first-order valence-electron chi connectivity index (χ1n) is 14.5. The molecule has 0 amide bonds. The number of Topliss-reactive ketones (excluding diaryl/α,β-unsaturated/α-hetero) is 2. The number of ketones is 2. The molecule has 1 saturated carbocycles. The van der Waals surface area contributed by atoms with Crippen molar-refractivity contribution in [2.45, 2.75) is 78.7 Å². The zero-order valence-electron chi connectivity index (χ0n) is 25.9. The average molecular weight is 573 g/mol. The van der Waals surface area contributed by atoms with Gasteiger partial charge in [-0.3, -0.25) is 9.59 Å². The number of para-hydroxylation sites is 1. The highest BCUT2D eigenvalue weighted by molar-refractivity contribution is 6.13. The van der Waals surface area contributed by atoms with Crippen molar-refractivity contribution >= 4 is 17.5 Å². The number of ether oxygens (including phenoxy) is 2. The van der Waals surface area contributed by atoms with Crippen molar-refractivity contribution in [1.82, 2.24) is 0 Å². The molecule has 42 heavy (non-hydrogen) atoms. The Hall–Kier alpha value is -3.93. The summed E-state index contributed by atoms with van der Waals surface area (Å²) >= 11 is 0. The molecule has 1 fully saturated rings. The number of aromatic hydroxyl groups is 1.